The van der Waals surface area contributed by atoms with Crippen LogP contribution in [0.3, 0.4) is 0 Å². The van der Waals surface area contributed by atoms with Crippen molar-refractivity contribution in [3.63, 3.8) is 0 Å². The second-order valence-electron chi connectivity index (χ2n) is 7.06. The van der Waals surface area contributed by atoms with Crippen LogP contribution < -0.4 is 0 Å². The number of carbonyl (C=O) groups excluding carboxylic acids is 1. The predicted molar refractivity (Wildman–Crippen MR) is 85.4 cm³/mol. The lowest BCUT2D eigenvalue weighted by molar-refractivity contribution is -0.117. The number of rotatable bonds is 12. The van der Waals surface area contributed by atoms with Crippen molar-refractivity contribution in [3.05, 3.63) is 0 Å². The molecule has 0 fully saturated rings. The van der Waals surface area contributed by atoms with Gasteiger partial charge >= 0.3 is 0 Å². The average molecular weight is 268 g/mol. The third kappa shape index (κ3) is 13.9. The van der Waals surface area contributed by atoms with Crippen molar-refractivity contribution in [1.29, 1.82) is 0 Å². The molecule has 0 aromatic carbocycles. The van der Waals surface area contributed by atoms with E-state index < -0.39 is 0 Å². The molecule has 0 saturated carbocycles. The molecule has 1 nitrogen and oxygen atoms in total. The van der Waals surface area contributed by atoms with E-state index in [9.17, 15) is 4.79 Å². The van der Waals surface area contributed by atoms with E-state index in [1.807, 2.05) is 0 Å². The van der Waals surface area contributed by atoms with E-state index in [4.69, 9.17) is 0 Å². The Morgan fingerprint density at radius 1 is 0.737 bits per heavy atom. The molecule has 114 valence electrons. The van der Waals surface area contributed by atoms with E-state index in [1.54, 1.807) is 6.92 Å². The molecule has 0 radical (unpaired) electrons. The molecule has 0 N–H and O–H groups in total. The fourth-order valence-electron chi connectivity index (χ4n) is 2.68. The van der Waals surface area contributed by atoms with Gasteiger partial charge in [-0.2, -0.15) is 0 Å². The van der Waals surface area contributed by atoms with Crippen molar-refractivity contribution in [2.24, 2.45) is 17.8 Å². The monoisotopic (exact) mass is 268 g/mol. The average Bonchev–Trinajstić information content (AvgIpc) is 2.27. The molecular formula is C18H36O. The first-order valence-electron chi connectivity index (χ1n) is 8.41. The van der Waals surface area contributed by atoms with Crippen LogP contribution in [0.25, 0.3) is 0 Å². The van der Waals surface area contributed by atoms with Crippen LogP contribution in [-0.2, 0) is 4.79 Å². The van der Waals surface area contributed by atoms with Crippen molar-refractivity contribution in [2.45, 2.75) is 92.4 Å². The summed E-state index contributed by atoms with van der Waals surface area (Å²) in [7, 11) is 0. The fourth-order valence-corrected chi connectivity index (χ4v) is 2.68. The molecule has 2 atom stereocenters. The summed E-state index contributed by atoms with van der Waals surface area (Å²) in [5.74, 6) is 2.88. The first kappa shape index (κ1) is 18.7. The van der Waals surface area contributed by atoms with Gasteiger partial charge in [0, 0.05) is 6.42 Å². The Morgan fingerprint density at radius 2 is 1.16 bits per heavy atom. The van der Waals surface area contributed by atoms with Crippen LogP contribution in [0.2, 0.25) is 0 Å². The molecule has 0 bridgehead atoms. The quantitative estimate of drug-likeness (QED) is 0.423. The first-order valence-corrected chi connectivity index (χ1v) is 8.41. The summed E-state index contributed by atoms with van der Waals surface area (Å²) in [6.45, 7) is 11.1. The highest BCUT2D eigenvalue weighted by molar-refractivity contribution is 5.75. The van der Waals surface area contributed by atoms with Crippen LogP contribution in [0.15, 0.2) is 0 Å². The van der Waals surface area contributed by atoms with Gasteiger partial charge in [0.25, 0.3) is 0 Å². The van der Waals surface area contributed by atoms with E-state index >= 15 is 0 Å². The minimum Gasteiger partial charge on any atom is -0.300 e. The summed E-state index contributed by atoms with van der Waals surface area (Å²) >= 11 is 0. The molecule has 0 aliphatic rings. The Morgan fingerprint density at radius 3 is 1.58 bits per heavy atom. The van der Waals surface area contributed by atoms with Crippen LogP contribution >= 0.6 is 0 Å². The molecule has 19 heavy (non-hydrogen) atoms. The molecule has 0 saturated heterocycles. The van der Waals surface area contributed by atoms with Crippen molar-refractivity contribution < 1.29 is 4.79 Å². The Kier molecular flexibility index (Phi) is 11.3. The number of carbonyl (C=O) groups is 1. The molecule has 0 amide bonds. The van der Waals surface area contributed by atoms with Gasteiger partial charge in [-0.15, -0.1) is 0 Å². The van der Waals surface area contributed by atoms with Gasteiger partial charge in [0.05, 0.1) is 0 Å². The maximum absolute atomic E-state index is 10.9. The lowest BCUT2D eigenvalue weighted by atomic mass is 9.92. The maximum atomic E-state index is 10.9. The highest BCUT2D eigenvalue weighted by atomic mass is 16.1. The zero-order chi connectivity index (χ0) is 14.7. The van der Waals surface area contributed by atoms with Gasteiger partial charge in [0.1, 0.15) is 5.78 Å². The molecule has 0 heterocycles. The molecule has 1 heteroatoms. The molecule has 0 aromatic rings. The van der Waals surface area contributed by atoms with Gasteiger partial charge < -0.3 is 4.79 Å². The number of Topliss-reactive ketones (excluding diaryl/α,β-unsaturated/α-hetero) is 1. The summed E-state index contributed by atoms with van der Waals surface area (Å²) < 4.78 is 0. The van der Waals surface area contributed by atoms with Gasteiger partial charge in [0.2, 0.25) is 0 Å². The lowest BCUT2D eigenvalue weighted by Gasteiger charge is -2.14. The Labute approximate surface area is 121 Å². The third-order valence-corrected chi connectivity index (χ3v) is 4.10. The maximum Gasteiger partial charge on any atom is 0.129 e. The van der Waals surface area contributed by atoms with Crippen molar-refractivity contribution in [1.82, 2.24) is 0 Å². The largest absolute Gasteiger partial charge is 0.300 e. The molecular weight excluding hydrogens is 232 g/mol. The molecule has 0 aliphatic heterocycles. The van der Waals surface area contributed by atoms with Gasteiger partial charge in [-0.1, -0.05) is 72.6 Å². The number of hydrogen-bond donors (Lipinski definition) is 0. The first-order chi connectivity index (χ1) is 8.91. The molecule has 0 spiro atoms. The summed E-state index contributed by atoms with van der Waals surface area (Å²) in [6.07, 6.45) is 11.3. The zero-order valence-corrected chi connectivity index (χ0v) is 14.0. The molecule has 0 aromatic heterocycles. The van der Waals surface area contributed by atoms with Crippen molar-refractivity contribution in [2.75, 3.05) is 0 Å². The number of ketones is 1. The SMILES string of the molecule is CC(=O)CCCC(C)CCCC(C)CCCC(C)C. The molecule has 0 aliphatic carbocycles. The highest BCUT2D eigenvalue weighted by Crippen LogP contribution is 2.21. The van der Waals surface area contributed by atoms with Crippen LogP contribution in [0, 0.1) is 17.8 Å². The topological polar surface area (TPSA) is 17.1 Å². The van der Waals surface area contributed by atoms with Crippen LogP contribution in [0.1, 0.15) is 92.4 Å². The molecule has 2 unspecified atom stereocenters. The summed E-state index contributed by atoms with van der Waals surface area (Å²) in [5.41, 5.74) is 0. The minimum absolute atomic E-state index is 0.339. The predicted octanol–water partition coefficient (Wildman–Crippen LogP) is 6.01. The smallest absolute Gasteiger partial charge is 0.129 e. The van der Waals surface area contributed by atoms with E-state index in [-0.39, 0.29) is 0 Å². The van der Waals surface area contributed by atoms with Crippen molar-refractivity contribution >= 4 is 5.78 Å². The van der Waals surface area contributed by atoms with Gasteiger partial charge in [-0.3, -0.25) is 0 Å². The minimum atomic E-state index is 0.339. The fraction of sp³-hybridized carbons (Fsp3) is 0.944. The van der Waals surface area contributed by atoms with Gasteiger partial charge in [0.15, 0.2) is 0 Å². The van der Waals surface area contributed by atoms with Crippen molar-refractivity contribution in [3.8, 4) is 0 Å². The van der Waals surface area contributed by atoms with Crippen LogP contribution in [0.4, 0.5) is 0 Å². The summed E-state index contributed by atoms with van der Waals surface area (Å²) in [5, 5.41) is 0. The standard InChI is InChI=1S/C18H36O/c1-15(2)9-6-10-16(3)11-7-12-17(4)13-8-14-18(5)19/h15-17H,6-14H2,1-5H3. The highest BCUT2D eigenvalue weighted by Gasteiger charge is 2.06. The van der Waals surface area contributed by atoms with Crippen LogP contribution in [-0.4, -0.2) is 5.78 Å². The lowest BCUT2D eigenvalue weighted by Crippen LogP contribution is -2.01. The van der Waals surface area contributed by atoms with E-state index in [2.05, 4.69) is 27.7 Å². The van der Waals surface area contributed by atoms with Crippen LogP contribution in [0.5, 0.6) is 0 Å². The normalized spacial score (nSPS) is 14.6. The second kappa shape index (κ2) is 11.5. The zero-order valence-electron chi connectivity index (χ0n) is 14.0. The van der Waals surface area contributed by atoms with Gasteiger partial charge in [-0.05, 0) is 31.1 Å². The third-order valence-electron chi connectivity index (χ3n) is 4.10. The summed E-state index contributed by atoms with van der Waals surface area (Å²) in [4.78, 5) is 10.9. The Hall–Kier alpha value is -0.330. The van der Waals surface area contributed by atoms with E-state index in [1.165, 1.54) is 44.9 Å². The Balaban J connectivity index is 3.42. The van der Waals surface area contributed by atoms with Gasteiger partial charge in [-0.25, -0.2) is 0 Å². The summed E-state index contributed by atoms with van der Waals surface area (Å²) in [6, 6.07) is 0. The van der Waals surface area contributed by atoms with E-state index in [0.29, 0.717) is 5.78 Å². The number of hydrogen-bond acceptors (Lipinski definition) is 1. The molecule has 0 rings (SSSR count). The van der Waals surface area contributed by atoms with E-state index in [0.717, 1.165) is 30.6 Å². The Bertz CT molecular complexity index is 220. The second-order valence-corrected chi connectivity index (χ2v) is 7.06.